The van der Waals surface area contributed by atoms with Gasteiger partial charge in [0.25, 0.3) is 0 Å². The molecule has 0 unspecified atom stereocenters. The first-order valence-electron chi connectivity index (χ1n) is 6.65. The molecule has 2 fully saturated rings. The van der Waals surface area contributed by atoms with Gasteiger partial charge in [-0.05, 0) is 56.4 Å². The molecule has 2 aliphatic rings. The fraction of sp³-hybridized carbons (Fsp3) is 1.00. The van der Waals surface area contributed by atoms with E-state index >= 15 is 0 Å². The Bertz CT molecular complexity index is 191. The van der Waals surface area contributed by atoms with Crippen molar-refractivity contribution in [2.24, 2.45) is 17.1 Å². The molecule has 2 aliphatic carbocycles. The summed E-state index contributed by atoms with van der Waals surface area (Å²) in [4.78, 5) is 0. The summed E-state index contributed by atoms with van der Waals surface area (Å²) in [5, 5.41) is 9.59. The first-order valence-corrected chi connectivity index (χ1v) is 6.65. The molecular formula is C13H25NO. The van der Waals surface area contributed by atoms with Crippen molar-refractivity contribution in [3.63, 3.8) is 0 Å². The van der Waals surface area contributed by atoms with Gasteiger partial charge in [-0.25, -0.2) is 0 Å². The fourth-order valence-corrected chi connectivity index (χ4v) is 3.67. The van der Waals surface area contributed by atoms with Gasteiger partial charge < -0.3 is 10.8 Å². The van der Waals surface area contributed by atoms with E-state index in [-0.39, 0.29) is 6.10 Å². The zero-order valence-corrected chi connectivity index (χ0v) is 9.75. The van der Waals surface area contributed by atoms with Gasteiger partial charge in [-0.15, -0.1) is 0 Å². The molecule has 15 heavy (non-hydrogen) atoms. The van der Waals surface area contributed by atoms with Gasteiger partial charge in [0, 0.05) is 0 Å². The van der Waals surface area contributed by atoms with Crippen LogP contribution in [0.4, 0.5) is 0 Å². The smallest absolute Gasteiger partial charge is 0.0540 e. The van der Waals surface area contributed by atoms with Crippen LogP contribution in [-0.4, -0.2) is 17.8 Å². The van der Waals surface area contributed by atoms with E-state index in [1.807, 2.05) is 0 Å². The zero-order valence-electron chi connectivity index (χ0n) is 9.75. The normalized spacial score (nSPS) is 39.2. The maximum absolute atomic E-state index is 9.59. The van der Waals surface area contributed by atoms with E-state index in [0.29, 0.717) is 5.41 Å². The standard InChI is InChI=1S/C13H25NO/c14-10-13(8-6-12(15)7-9-13)11-4-2-1-3-5-11/h11-12,15H,1-10,14H2. The molecule has 0 atom stereocenters. The second-order valence-electron chi connectivity index (χ2n) is 5.63. The van der Waals surface area contributed by atoms with Crippen molar-refractivity contribution in [1.82, 2.24) is 0 Å². The van der Waals surface area contributed by atoms with Crippen LogP contribution >= 0.6 is 0 Å². The Balaban J connectivity index is 2.00. The second kappa shape index (κ2) is 4.84. The van der Waals surface area contributed by atoms with Crippen molar-refractivity contribution in [3.8, 4) is 0 Å². The fourth-order valence-electron chi connectivity index (χ4n) is 3.67. The van der Waals surface area contributed by atoms with E-state index in [2.05, 4.69) is 0 Å². The molecule has 0 spiro atoms. The summed E-state index contributed by atoms with van der Waals surface area (Å²) >= 11 is 0. The second-order valence-corrected chi connectivity index (χ2v) is 5.63. The zero-order chi connectivity index (χ0) is 10.7. The van der Waals surface area contributed by atoms with Crippen LogP contribution in [0.15, 0.2) is 0 Å². The minimum absolute atomic E-state index is 0.0479. The summed E-state index contributed by atoms with van der Waals surface area (Å²) in [6.45, 7) is 0.838. The lowest BCUT2D eigenvalue weighted by atomic mass is 9.61. The molecule has 2 saturated carbocycles. The summed E-state index contributed by atoms with van der Waals surface area (Å²) in [6.07, 6.45) is 11.2. The van der Waals surface area contributed by atoms with Crippen LogP contribution in [0.2, 0.25) is 0 Å². The summed E-state index contributed by atoms with van der Waals surface area (Å²) < 4.78 is 0. The number of nitrogens with two attached hydrogens (primary N) is 1. The van der Waals surface area contributed by atoms with E-state index in [9.17, 15) is 5.11 Å². The molecule has 3 N–H and O–H groups in total. The molecule has 0 heterocycles. The van der Waals surface area contributed by atoms with E-state index in [1.165, 1.54) is 32.1 Å². The van der Waals surface area contributed by atoms with Gasteiger partial charge in [-0.2, -0.15) is 0 Å². The topological polar surface area (TPSA) is 46.2 Å². The molecule has 0 saturated heterocycles. The van der Waals surface area contributed by atoms with Gasteiger partial charge in [-0.1, -0.05) is 19.3 Å². The van der Waals surface area contributed by atoms with E-state index < -0.39 is 0 Å². The van der Waals surface area contributed by atoms with Crippen LogP contribution in [-0.2, 0) is 0 Å². The summed E-state index contributed by atoms with van der Waals surface area (Å²) in [5.41, 5.74) is 6.42. The van der Waals surface area contributed by atoms with Crippen molar-refractivity contribution in [2.45, 2.75) is 63.9 Å². The Kier molecular flexibility index (Phi) is 3.68. The number of hydrogen-bond acceptors (Lipinski definition) is 2. The molecule has 0 aromatic carbocycles. The molecule has 0 bridgehead atoms. The van der Waals surface area contributed by atoms with Crippen molar-refractivity contribution >= 4 is 0 Å². The van der Waals surface area contributed by atoms with E-state index in [4.69, 9.17) is 5.73 Å². The van der Waals surface area contributed by atoms with Crippen LogP contribution in [0.1, 0.15) is 57.8 Å². The first-order chi connectivity index (χ1) is 7.27. The Morgan fingerprint density at radius 3 is 2.13 bits per heavy atom. The average molecular weight is 211 g/mol. The van der Waals surface area contributed by atoms with E-state index in [0.717, 1.165) is 38.1 Å². The minimum Gasteiger partial charge on any atom is -0.393 e. The maximum Gasteiger partial charge on any atom is 0.0540 e. The number of aliphatic hydroxyl groups excluding tert-OH is 1. The third-order valence-electron chi connectivity index (χ3n) is 4.83. The number of aliphatic hydroxyl groups is 1. The quantitative estimate of drug-likeness (QED) is 0.737. The summed E-state index contributed by atoms with van der Waals surface area (Å²) in [7, 11) is 0. The third kappa shape index (κ3) is 2.36. The lowest BCUT2D eigenvalue weighted by Crippen LogP contribution is -2.43. The van der Waals surface area contributed by atoms with Gasteiger partial charge in [0.15, 0.2) is 0 Å². The van der Waals surface area contributed by atoms with Crippen LogP contribution < -0.4 is 5.73 Å². The molecule has 0 aromatic rings. The number of hydrogen-bond donors (Lipinski definition) is 2. The highest BCUT2D eigenvalue weighted by molar-refractivity contribution is 4.92. The Labute approximate surface area is 93.2 Å². The SMILES string of the molecule is NCC1(C2CCCCC2)CCC(O)CC1. The molecular weight excluding hydrogens is 186 g/mol. The van der Waals surface area contributed by atoms with E-state index in [1.54, 1.807) is 0 Å². The summed E-state index contributed by atoms with van der Waals surface area (Å²) in [6, 6.07) is 0. The molecule has 0 aromatic heterocycles. The Hall–Kier alpha value is -0.0800. The van der Waals surface area contributed by atoms with Crippen molar-refractivity contribution < 1.29 is 5.11 Å². The van der Waals surface area contributed by atoms with Crippen molar-refractivity contribution in [2.75, 3.05) is 6.54 Å². The predicted molar refractivity (Wildman–Crippen MR) is 62.5 cm³/mol. The predicted octanol–water partition coefficient (Wildman–Crippen LogP) is 2.45. The monoisotopic (exact) mass is 211 g/mol. The number of rotatable bonds is 2. The van der Waals surface area contributed by atoms with Crippen LogP contribution in [0.5, 0.6) is 0 Å². The molecule has 2 rings (SSSR count). The van der Waals surface area contributed by atoms with Crippen molar-refractivity contribution in [3.05, 3.63) is 0 Å². The third-order valence-corrected chi connectivity index (χ3v) is 4.83. The van der Waals surface area contributed by atoms with Gasteiger partial charge in [0.2, 0.25) is 0 Å². The highest BCUT2D eigenvalue weighted by atomic mass is 16.3. The molecule has 2 nitrogen and oxygen atoms in total. The van der Waals surface area contributed by atoms with Gasteiger partial charge >= 0.3 is 0 Å². The molecule has 0 aliphatic heterocycles. The molecule has 0 amide bonds. The molecule has 2 heteroatoms. The minimum atomic E-state index is -0.0479. The van der Waals surface area contributed by atoms with Gasteiger partial charge in [0.05, 0.1) is 6.10 Å². The highest BCUT2D eigenvalue weighted by Gasteiger charge is 2.40. The largest absolute Gasteiger partial charge is 0.393 e. The highest BCUT2D eigenvalue weighted by Crippen LogP contribution is 2.47. The van der Waals surface area contributed by atoms with Gasteiger partial charge in [-0.3, -0.25) is 0 Å². The lowest BCUT2D eigenvalue weighted by molar-refractivity contribution is 0.0171. The van der Waals surface area contributed by atoms with Crippen LogP contribution in [0, 0.1) is 11.3 Å². The molecule has 0 radical (unpaired) electrons. The average Bonchev–Trinajstić information content (AvgIpc) is 2.32. The van der Waals surface area contributed by atoms with Crippen molar-refractivity contribution in [1.29, 1.82) is 0 Å². The van der Waals surface area contributed by atoms with Crippen LogP contribution in [0.3, 0.4) is 0 Å². The lowest BCUT2D eigenvalue weighted by Gasteiger charge is -2.45. The van der Waals surface area contributed by atoms with Gasteiger partial charge in [0.1, 0.15) is 0 Å². The first kappa shape index (κ1) is 11.4. The summed E-state index contributed by atoms with van der Waals surface area (Å²) in [5.74, 6) is 0.851. The maximum atomic E-state index is 9.59. The molecule has 88 valence electrons. The van der Waals surface area contributed by atoms with Crippen LogP contribution in [0.25, 0.3) is 0 Å². The Morgan fingerprint density at radius 1 is 1.00 bits per heavy atom. The Morgan fingerprint density at radius 2 is 1.60 bits per heavy atom.